The molecule has 0 amide bonds. The summed E-state index contributed by atoms with van der Waals surface area (Å²) in [6, 6.07) is 0.602. The van der Waals surface area contributed by atoms with Crippen molar-refractivity contribution in [3.63, 3.8) is 0 Å². The third kappa shape index (κ3) is 4.08. The lowest BCUT2D eigenvalue weighted by molar-refractivity contribution is 0.186. The molecule has 1 aromatic rings. The molecule has 1 fully saturated rings. The molecule has 2 heterocycles. The summed E-state index contributed by atoms with van der Waals surface area (Å²) in [6.45, 7) is 4.17. The molecule has 0 radical (unpaired) electrons. The maximum absolute atomic E-state index is 9.13. The third-order valence-electron chi connectivity index (χ3n) is 3.53. The van der Waals surface area contributed by atoms with Gasteiger partial charge in [0.15, 0.2) is 0 Å². The first-order valence-corrected chi connectivity index (χ1v) is 6.82. The quantitative estimate of drug-likeness (QED) is 0.718. The lowest BCUT2D eigenvalue weighted by Crippen LogP contribution is -2.40. The summed E-state index contributed by atoms with van der Waals surface area (Å²) >= 11 is 0. The van der Waals surface area contributed by atoms with Crippen LogP contribution < -0.4 is 5.32 Å². The van der Waals surface area contributed by atoms with Gasteiger partial charge in [0, 0.05) is 38.9 Å². The summed E-state index contributed by atoms with van der Waals surface area (Å²) in [7, 11) is 1.94. The van der Waals surface area contributed by atoms with Gasteiger partial charge in [-0.3, -0.25) is 9.58 Å². The Morgan fingerprint density at radius 2 is 2.44 bits per heavy atom. The van der Waals surface area contributed by atoms with Crippen molar-refractivity contribution in [2.75, 3.05) is 32.8 Å². The smallest absolute Gasteiger partial charge is 0.0558 e. The van der Waals surface area contributed by atoms with E-state index in [1.54, 1.807) is 0 Å². The van der Waals surface area contributed by atoms with Gasteiger partial charge in [0.2, 0.25) is 0 Å². The monoisotopic (exact) mass is 252 g/mol. The van der Waals surface area contributed by atoms with Crippen molar-refractivity contribution in [3.8, 4) is 0 Å². The fourth-order valence-corrected chi connectivity index (χ4v) is 2.55. The molecule has 5 nitrogen and oxygen atoms in total. The number of aromatic nitrogens is 2. The van der Waals surface area contributed by atoms with Gasteiger partial charge in [-0.2, -0.15) is 5.10 Å². The van der Waals surface area contributed by atoms with Gasteiger partial charge >= 0.3 is 0 Å². The van der Waals surface area contributed by atoms with Gasteiger partial charge in [0.1, 0.15) is 0 Å². The van der Waals surface area contributed by atoms with Crippen LogP contribution in [0, 0.1) is 0 Å². The number of nitrogens with one attached hydrogen (secondary N) is 1. The predicted octanol–water partition coefficient (Wildman–Crippen LogP) is 0.00890. The Morgan fingerprint density at radius 3 is 3.06 bits per heavy atom. The Balaban J connectivity index is 1.77. The fraction of sp³-hybridized carbons (Fsp3) is 0.769. The van der Waals surface area contributed by atoms with Crippen molar-refractivity contribution in [1.82, 2.24) is 20.0 Å². The van der Waals surface area contributed by atoms with Crippen LogP contribution in [0.15, 0.2) is 12.4 Å². The summed E-state index contributed by atoms with van der Waals surface area (Å²) in [5, 5.41) is 16.8. The Kier molecular flexibility index (Phi) is 5.16. The molecule has 1 unspecified atom stereocenters. The minimum absolute atomic E-state index is 0.236. The number of aliphatic hydroxyl groups is 1. The molecule has 1 aliphatic heterocycles. The number of rotatable bonds is 7. The van der Waals surface area contributed by atoms with E-state index >= 15 is 0 Å². The zero-order valence-electron chi connectivity index (χ0n) is 11.2. The Bertz CT molecular complexity index is 347. The molecule has 1 atom stereocenters. The van der Waals surface area contributed by atoms with Crippen LogP contribution in [-0.2, 0) is 13.5 Å². The molecule has 5 heteroatoms. The van der Waals surface area contributed by atoms with Crippen LogP contribution in [0.2, 0.25) is 0 Å². The van der Waals surface area contributed by atoms with E-state index in [1.165, 1.54) is 18.4 Å². The molecule has 0 spiro atoms. The third-order valence-corrected chi connectivity index (χ3v) is 3.53. The zero-order valence-corrected chi connectivity index (χ0v) is 11.2. The van der Waals surface area contributed by atoms with Crippen LogP contribution in [0.5, 0.6) is 0 Å². The topological polar surface area (TPSA) is 53.3 Å². The second kappa shape index (κ2) is 6.87. The lowest BCUT2D eigenvalue weighted by atomic mass is 10.2. The van der Waals surface area contributed by atoms with Crippen LogP contribution in [0.3, 0.4) is 0 Å². The number of aryl methyl sites for hydroxylation is 1. The minimum atomic E-state index is 0.236. The van der Waals surface area contributed by atoms with E-state index in [1.807, 2.05) is 17.9 Å². The predicted molar refractivity (Wildman–Crippen MR) is 71.5 cm³/mol. The summed E-state index contributed by atoms with van der Waals surface area (Å²) in [4.78, 5) is 2.34. The summed E-state index contributed by atoms with van der Waals surface area (Å²) < 4.78 is 1.84. The Labute approximate surface area is 109 Å². The largest absolute Gasteiger partial charge is 0.395 e. The van der Waals surface area contributed by atoms with Crippen LogP contribution in [-0.4, -0.2) is 58.6 Å². The van der Waals surface area contributed by atoms with E-state index < -0.39 is 0 Å². The summed E-state index contributed by atoms with van der Waals surface area (Å²) in [5.41, 5.74) is 1.26. The summed E-state index contributed by atoms with van der Waals surface area (Å²) in [5.74, 6) is 0. The maximum Gasteiger partial charge on any atom is 0.0558 e. The van der Waals surface area contributed by atoms with Crippen LogP contribution in [0.25, 0.3) is 0 Å². The minimum Gasteiger partial charge on any atom is -0.395 e. The molecular weight excluding hydrogens is 228 g/mol. The maximum atomic E-state index is 9.13. The second-order valence-corrected chi connectivity index (χ2v) is 5.09. The highest BCUT2D eigenvalue weighted by molar-refractivity contribution is 5.04. The highest BCUT2D eigenvalue weighted by atomic mass is 16.3. The fourth-order valence-electron chi connectivity index (χ4n) is 2.55. The Morgan fingerprint density at radius 1 is 1.56 bits per heavy atom. The van der Waals surface area contributed by atoms with Crippen molar-refractivity contribution in [3.05, 3.63) is 18.0 Å². The summed E-state index contributed by atoms with van der Waals surface area (Å²) in [6.07, 6.45) is 7.52. The van der Waals surface area contributed by atoms with Crippen molar-refractivity contribution in [2.24, 2.45) is 7.05 Å². The highest BCUT2D eigenvalue weighted by Crippen LogP contribution is 2.08. The molecule has 18 heavy (non-hydrogen) atoms. The SMILES string of the molecule is Cn1cc(CCN(CCO)CC2CCCN2)cn1. The van der Waals surface area contributed by atoms with Crippen molar-refractivity contribution in [1.29, 1.82) is 0 Å². The van der Waals surface area contributed by atoms with Crippen LogP contribution in [0.4, 0.5) is 0 Å². The van der Waals surface area contributed by atoms with E-state index in [-0.39, 0.29) is 6.61 Å². The van der Waals surface area contributed by atoms with Crippen molar-refractivity contribution in [2.45, 2.75) is 25.3 Å². The molecule has 102 valence electrons. The molecule has 2 rings (SSSR count). The van der Waals surface area contributed by atoms with Crippen LogP contribution in [0.1, 0.15) is 18.4 Å². The molecule has 0 bridgehead atoms. The molecule has 0 saturated carbocycles. The molecule has 1 aromatic heterocycles. The molecule has 2 N–H and O–H groups in total. The number of nitrogens with zero attached hydrogens (tertiary/aromatic N) is 3. The normalized spacial score (nSPS) is 19.8. The van der Waals surface area contributed by atoms with Gasteiger partial charge < -0.3 is 10.4 Å². The molecule has 0 aliphatic carbocycles. The van der Waals surface area contributed by atoms with Crippen LogP contribution >= 0.6 is 0 Å². The molecular formula is C13H24N4O. The number of hydrogen-bond donors (Lipinski definition) is 2. The van der Waals surface area contributed by atoms with Gasteiger partial charge in [-0.05, 0) is 31.4 Å². The van der Waals surface area contributed by atoms with Gasteiger partial charge in [-0.15, -0.1) is 0 Å². The zero-order chi connectivity index (χ0) is 12.8. The molecule has 1 saturated heterocycles. The van der Waals surface area contributed by atoms with Crippen molar-refractivity contribution >= 4 is 0 Å². The van der Waals surface area contributed by atoms with E-state index in [4.69, 9.17) is 5.11 Å². The van der Waals surface area contributed by atoms with Gasteiger partial charge in [-0.1, -0.05) is 0 Å². The molecule has 0 aromatic carbocycles. The average Bonchev–Trinajstić information content (AvgIpc) is 2.98. The first kappa shape index (κ1) is 13.5. The second-order valence-electron chi connectivity index (χ2n) is 5.09. The van der Waals surface area contributed by atoms with E-state index in [0.29, 0.717) is 6.04 Å². The van der Waals surface area contributed by atoms with E-state index in [9.17, 15) is 0 Å². The standard InChI is InChI=1S/C13H24N4O/c1-16-10-12(9-15-16)4-6-17(7-8-18)11-13-3-2-5-14-13/h9-10,13-14,18H,2-8,11H2,1H3. The van der Waals surface area contributed by atoms with Gasteiger partial charge in [0.05, 0.1) is 12.8 Å². The first-order chi connectivity index (χ1) is 8.78. The van der Waals surface area contributed by atoms with E-state index in [2.05, 4.69) is 21.5 Å². The average molecular weight is 252 g/mol. The number of hydrogen-bond acceptors (Lipinski definition) is 4. The van der Waals surface area contributed by atoms with Crippen molar-refractivity contribution < 1.29 is 5.11 Å². The lowest BCUT2D eigenvalue weighted by Gasteiger charge is -2.24. The first-order valence-electron chi connectivity index (χ1n) is 6.82. The number of aliphatic hydroxyl groups excluding tert-OH is 1. The Hall–Kier alpha value is -0.910. The van der Waals surface area contributed by atoms with E-state index in [0.717, 1.165) is 32.6 Å². The van der Waals surface area contributed by atoms with Gasteiger partial charge in [-0.25, -0.2) is 0 Å². The van der Waals surface area contributed by atoms with Gasteiger partial charge in [0.25, 0.3) is 0 Å². The molecule has 1 aliphatic rings. The highest BCUT2D eigenvalue weighted by Gasteiger charge is 2.17.